The quantitative estimate of drug-likeness (QED) is 0.184. The van der Waals surface area contributed by atoms with Crippen LogP contribution in [-0.4, -0.2) is 11.6 Å². The van der Waals surface area contributed by atoms with Crippen LogP contribution >= 0.6 is 0 Å². The fourth-order valence-corrected chi connectivity index (χ4v) is 3.13. The van der Waals surface area contributed by atoms with Gasteiger partial charge in [0.25, 0.3) is 0 Å². The number of Topliss-reactive ketones (excluding diaryl/α,β-unsaturated/α-hetero) is 2. The summed E-state index contributed by atoms with van der Waals surface area (Å²) in [4.78, 5) is 23.4. The number of unbranched alkanes of at least 4 members (excludes halogenated alkanes) is 13. The highest BCUT2D eigenvalue weighted by atomic mass is 16.1. The van der Waals surface area contributed by atoms with Crippen molar-refractivity contribution in [2.75, 3.05) is 0 Å². The third kappa shape index (κ3) is 17.7. The van der Waals surface area contributed by atoms with E-state index >= 15 is 0 Å². The highest BCUT2D eigenvalue weighted by molar-refractivity contribution is 5.98. The van der Waals surface area contributed by atoms with Gasteiger partial charge in [0.15, 0.2) is 0 Å². The average molecular weight is 339 g/mol. The maximum absolute atomic E-state index is 11.7. The SMILES string of the molecule is CCCCCCCCCCCCCCC(=O)CC(=O)CCCCC. The molecule has 0 aromatic carbocycles. The highest BCUT2D eigenvalue weighted by Gasteiger charge is 2.08. The van der Waals surface area contributed by atoms with E-state index < -0.39 is 0 Å². The third-order valence-corrected chi connectivity index (χ3v) is 4.76. The first-order chi connectivity index (χ1) is 11.7. The van der Waals surface area contributed by atoms with Crippen molar-refractivity contribution in [3.63, 3.8) is 0 Å². The molecule has 0 aliphatic rings. The Labute approximate surface area is 151 Å². The van der Waals surface area contributed by atoms with Gasteiger partial charge in [-0.3, -0.25) is 9.59 Å². The van der Waals surface area contributed by atoms with Crippen molar-refractivity contribution in [3.8, 4) is 0 Å². The summed E-state index contributed by atoms with van der Waals surface area (Å²) in [7, 11) is 0. The van der Waals surface area contributed by atoms with Gasteiger partial charge in [-0.15, -0.1) is 0 Å². The van der Waals surface area contributed by atoms with Crippen LogP contribution in [0.5, 0.6) is 0 Å². The highest BCUT2D eigenvalue weighted by Crippen LogP contribution is 2.13. The largest absolute Gasteiger partial charge is 0.299 e. The van der Waals surface area contributed by atoms with E-state index in [1.165, 1.54) is 64.2 Å². The number of hydrogen-bond acceptors (Lipinski definition) is 2. The van der Waals surface area contributed by atoms with E-state index in [1.807, 2.05) is 0 Å². The third-order valence-electron chi connectivity index (χ3n) is 4.76. The van der Waals surface area contributed by atoms with Gasteiger partial charge in [-0.1, -0.05) is 97.3 Å². The van der Waals surface area contributed by atoms with E-state index in [2.05, 4.69) is 13.8 Å². The summed E-state index contributed by atoms with van der Waals surface area (Å²) in [6.45, 7) is 4.39. The lowest BCUT2D eigenvalue weighted by atomic mass is 10.0. The van der Waals surface area contributed by atoms with Crippen LogP contribution in [-0.2, 0) is 9.59 Å². The molecule has 0 radical (unpaired) electrons. The summed E-state index contributed by atoms with van der Waals surface area (Å²) in [6, 6.07) is 0. The Hall–Kier alpha value is -0.660. The number of ketones is 2. The summed E-state index contributed by atoms with van der Waals surface area (Å²) in [5.74, 6) is 0.302. The van der Waals surface area contributed by atoms with Crippen LogP contribution in [0.1, 0.15) is 129 Å². The number of carbonyl (C=O) groups is 2. The van der Waals surface area contributed by atoms with Crippen molar-refractivity contribution in [3.05, 3.63) is 0 Å². The first-order valence-corrected chi connectivity index (χ1v) is 10.7. The Morgan fingerprint density at radius 3 is 1.17 bits per heavy atom. The summed E-state index contributed by atoms with van der Waals surface area (Å²) >= 11 is 0. The Morgan fingerprint density at radius 2 is 0.750 bits per heavy atom. The van der Waals surface area contributed by atoms with E-state index in [9.17, 15) is 9.59 Å². The van der Waals surface area contributed by atoms with Gasteiger partial charge >= 0.3 is 0 Å². The predicted molar refractivity (Wildman–Crippen MR) is 104 cm³/mol. The molecule has 2 nitrogen and oxygen atoms in total. The maximum atomic E-state index is 11.7. The number of carbonyl (C=O) groups excluding carboxylic acids is 2. The summed E-state index contributed by atoms with van der Waals surface area (Å²) in [6.07, 6.45) is 20.3. The summed E-state index contributed by atoms with van der Waals surface area (Å²) in [5, 5.41) is 0. The molecule has 0 amide bonds. The Kier molecular flexibility index (Phi) is 18.2. The molecule has 0 saturated carbocycles. The van der Waals surface area contributed by atoms with E-state index in [0.29, 0.717) is 12.8 Å². The molecule has 0 aliphatic heterocycles. The lowest BCUT2D eigenvalue weighted by Gasteiger charge is -2.03. The Morgan fingerprint density at radius 1 is 0.458 bits per heavy atom. The molecule has 0 aromatic heterocycles. The van der Waals surface area contributed by atoms with Gasteiger partial charge in [-0.2, -0.15) is 0 Å². The molecule has 142 valence electrons. The van der Waals surface area contributed by atoms with Crippen molar-refractivity contribution < 1.29 is 9.59 Å². The lowest BCUT2D eigenvalue weighted by molar-refractivity contribution is -0.127. The second-order valence-corrected chi connectivity index (χ2v) is 7.35. The molecule has 0 heterocycles. The first-order valence-electron chi connectivity index (χ1n) is 10.7. The molecule has 0 spiro atoms. The summed E-state index contributed by atoms with van der Waals surface area (Å²) < 4.78 is 0. The van der Waals surface area contributed by atoms with E-state index in [-0.39, 0.29) is 18.0 Å². The Balaban J connectivity index is 3.26. The molecular formula is C22H42O2. The van der Waals surface area contributed by atoms with Crippen LogP contribution < -0.4 is 0 Å². The predicted octanol–water partition coefficient (Wildman–Crippen LogP) is 7.19. The van der Waals surface area contributed by atoms with Gasteiger partial charge in [0, 0.05) is 12.8 Å². The molecule has 0 unspecified atom stereocenters. The van der Waals surface area contributed by atoms with E-state index in [1.54, 1.807) is 0 Å². The first kappa shape index (κ1) is 23.3. The molecular weight excluding hydrogens is 296 g/mol. The number of rotatable bonds is 19. The van der Waals surface area contributed by atoms with Gasteiger partial charge in [-0.25, -0.2) is 0 Å². The molecule has 0 N–H and O–H groups in total. The van der Waals surface area contributed by atoms with E-state index in [0.717, 1.165) is 32.1 Å². The van der Waals surface area contributed by atoms with Gasteiger partial charge < -0.3 is 0 Å². The fraction of sp³-hybridized carbons (Fsp3) is 0.909. The van der Waals surface area contributed by atoms with Crippen LogP contribution in [0, 0.1) is 0 Å². The van der Waals surface area contributed by atoms with Crippen molar-refractivity contribution in [1.82, 2.24) is 0 Å². The average Bonchev–Trinajstić information content (AvgIpc) is 2.56. The van der Waals surface area contributed by atoms with Crippen LogP contribution in [0.25, 0.3) is 0 Å². The topological polar surface area (TPSA) is 34.1 Å². The number of hydrogen-bond donors (Lipinski definition) is 0. The van der Waals surface area contributed by atoms with Crippen LogP contribution in [0.4, 0.5) is 0 Å². The molecule has 24 heavy (non-hydrogen) atoms. The van der Waals surface area contributed by atoms with Crippen molar-refractivity contribution in [2.45, 2.75) is 129 Å². The van der Waals surface area contributed by atoms with Gasteiger partial charge in [0.05, 0.1) is 6.42 Å². The fourth-order valence-electron chi connectivity index (χ4n) is 3.13. The molecule has 0 saturated heterocycles. The van der Waals surface area contributed by atoms with Crippen molar-refractivity contribution >= 4 is 11.6 Å². The zero-order chi connectivity index (χ0) is 17.9. The van der Waals surface area contributed by atoms with Gasteiger partial charge in [-0.05, 0) is 12.8 Å². The van der Waals surface area contributed by atoms with Crippen LogP contribution in [0.3, 0.4) is 0 Å². The van der Waals surface area contributed by atoms with E-state index in [4.69, 9.17) is 0 Å². The lowest BCUT2D eigenvalue weighted by Crippen LogP contribution is -2.07. The monoisotopic (exact) mass is 338 g/mol. The van der Waals surface area contributed by atoms with Gasteiger partial charge in [0.2, 0.25) is 0 Å². The summed E-state index contributed by atoms with van der Waals surface area (Å²) in [5.41, 5.74) is 0. The second-order valence-electron chi connectivity index (χ2n) is 7.35. The van der Waals surface area contributed by atoms with Gasteiger partial charge in [0.1, 0.15) is 11.6 Å². The normalized spacial score (nSPS) is 10.9. The molecule has 0 rings (SSSR count). The molecule has 0 aromatic rings. The molecule has 0 aliphatic carbocycles. The van der Waals surface area contributed by atoms with Crippen LogP contribution in [0.15, 0.2) is 0 Å². The second kappa shape index (κ2) is 18.7. The van der Waals surface area contributed by atoms with Crippen molar-refractivity contribution in [1.29, 1.82) is 0 Å². The minimum absolute atomic E-state index is 0.146. The molecule has 0 bridgehead atoms. The Bertz CT molecular complexity index is 296. The molecule has 0 fully saturated rings. The molecule has 2 heteroatoms. The minimum atomic E-state index is 0.146. The van der Waals surface area contributed by atoms with Crippen molar-refractivity contribution in [2.24, 2.45) is 0 Å². The smallest absolute Gasteiger partial charge is 0.140 e. The maximum Gasteiger partial charge on any atom is 0.140 e. The standard InChI is InChI=1S/C22H42O2/c1-3-5-7-8-9-10-11-12-13-14-15-17-19-22(24)20-21(23)18-16-6-4-2/h3-20H2,1-2H3. The molecule has 0 atom stereocenters. The minimum Gasteiger partial charge on any atom is -0.299 e. The van der Waals surface area contributed by atoms with Crippen LogP contribution in [0.2, 0.25) is 0 Å². The zero-order valence-corrected chi connectivity index (χ0v) is 16.5. The zero-order valence-electron chi connectivity index (χ0n) is 16.5.